The lowest BCUT2D eigenvalue weighted by atomic mass is 10.1. The summed E-state index contributed by atoms with van der Waals surface area (Å²) in [5, 5.41) is 13.5. The van der Waals surface area contributed by atoms with Crippen molar-refractivity contribution in [2.45, 2.75) is 19.4 Å². The van der Waals surface area contributed by atoms with Crippen molar-refractivity contribution in [3.8, 4) is 0 Å². The summed E-state index contributed by atoms with van der Waals surface area (Å²) in [6, 6.07) is 1.59. The molecule has 0 atom stereocenters. The molecule has 1 rings (SSSR count). The van der Waals surface area contributed by atoms with Crippen LogP contribution >= 0.6 is 0 Å². The van der Waals surface area contributed by atoms with Gasteiger partial charge in [0, 0.05) is 12.4 Å². The second-order valence-electron chi connectivity index (χ2n) is 4.02. The fraction of sp³-hybridized carbons (Fsp3) is 0.400. The zero-order chi connectivity index (χ0) is 12.9. The van der Waals surface area contributed by atoms with Crippen molar-refractivity contribution in [2.75, 3.05) is 11.9 Å². The fourth-order valence-corrected chi connectivity index (χ4v) is 0.926. The molecular formula is C10H14N4O3. The van der Waals surface area contributed by atoms with E-state index in [4.69, 9.17) is 5.11 Å². The highest BCUT2D eigenvalue weighted by Crippen LogP contribution is 2.00. The number of aromatic nitrogens is 2. The Balaban J connectivity index is 2.57. The molecule has 0 aliphatic carbocycles. The lowest BCUT2D eigenvalue weighted by Gasteiger charge is -2.22. The van der Waals surface area contributed by atoms with E-state index in [1.807, 2.05) is 0 Å². The van der Waals surface area contributed by atoms with Gasteiger partial charge >= 0.3 is 11.8 Å². The first-order valence-electron chi connectivity index (χ1n) is 4.96. The van der Waals surface area contributed by atoms with Crippen molar-refractivity contribution in [3.05, 3.63) is 18.5 Å². The van der Waals surface area contributed by atoms with Gasteiger partial charge in [-0.25, -0.2) is 9.97 Å². The number of amides is 2. The standard InChI is InChI=1S/C10H14N4O3/c1-10(2,6-15)14-8(17)7(16)13-9-11-4-3-5-12-9/h3-5,15H,6H2,1-2H3,(H,14,17)(H,11,12,13,16). The Morgan fingerprint density at radius 2 is 1.88 bits per heavy atom. The molecule has 0 saturated carbocycles. The Morgan fingerprint density at radius 3 is 2.41 bits per heavy atom. The van der Waals surface area contributed by atoms with Gasteiger partial charge in [0.05, 0.1) is 12.1 Å². The molecule has 0 bridgehead atoms. The fourth-order valence-electron chi connectivity index (χ4n) is 0.926. The molecule has 92 valence electrons. The van der Waals surface area contributed by atoms with Crippen LogP contribution in [0.2, 0.25) is 0 Å². The summed E-state index contributed by atoms with van der Waals surface area (Å²) in [7, 11) is 0. The second-order valence-corrected chi connectivity index (χ2v) is 4.02. The third-order valence-corrected chi connectivity index (χ3v) is 1.84. The largest absolute Gasteiger partial charge is 0.394 e. The summed E-state index contributed by atoms with van der Waals surface area (Å²) in [5.74, 6) is -1.68. The van der Waals surface area contributed by atoms with Crippen LogP contribution in [0.15, 0.2) is 18.5 Å². The number of anilines is 1. The van der Waals surface area contributed by atoms with E-state index >= 15 is 0 Å². The number of aliphatic hydroxyl groups excluding tert-OH is 1. The predicted octanol–water partition coefficient (Wildman–Crippen LogP) is -0.698. The number of nitrogens with zero attached hydrogens (tertiary/aromatic N) is 2. The number of hydrogen-bond donors (Lipinski definition) is 3. The van der Waals surface area contributed by atoms with E-state index in [1.54, 1.807) is 19.9 Å². The maximum atomic E-state index is 11.4. The van der Waals surface area contributed by atoms with E-state index in [0.717, 1.165) is 0 Å². The Morgan fingerprint density at radius 1 is 1.29 bits per heavy atom. The molecule has 0 fully saturated rings. The first-order chi connectivity index (χ1) is 7.94. The van der Waals surface area contributed by atoms with E-state index in [1.165, 1.54) is 12.4 Å². The van der Waals surface area contributed by atoms with Crippen molar-refractivity contribution in [2.24, 2.45) is 0 Å². The van der Waals surface area contributed by atoms with Crippen LogP contribution in [0.4, 0.5) is 5.95 Å². The quantitative estimate of drug-likeness (QED) is 0.604. The maximum Gasteiger partial charge on any atom is 0.316 e. The van der Waals surface area contributed by atoms with Crippen molar-refractivity contribution in [1.82, 2.24) is 15.3 Å². The van der Waals surface area contributed by atoms with Gasteiger partial charge in [-0.2, -0.15) is 0 Å². The highest BCUT2D eigenvalue weighted by atomic mass is 16.3. The SMILES string of the molecule is CC(C)(CO)NC(=O)C(=O)Nc1ncccn1. The molecule has 1 heterocycles. The molecule has 0 unspecified atom stereocenters. The minimum absolute atomic E-state index is 0.0504. The molecule has 0 saturated heterocycles. The highest BCUT2D eigenvalue weighted by molar-refractivity contribution is 6.39. The van der Waals surface area contributed by atoms with Crippen LogP contribution < -0.4 is 10.6 Å². The van der Waals surface area contributed by atoms with Gasteiger partial charge in [-0.1, -0.05) is 0 Å². The molecule has 0 radical (unpaired) electrons. The summed E-state index contributed by atoms with van der Waals surface area (Å²) in [6.45, 7) is 2.92. The van der Waals surface area contributed by atoms with Gasteiger partial charge in [0.25, 0.3) is 0 Å². The van der Waals surface area contributed by atoms with Crippen LogP contribution in [0.1, 0.15) is 13.8 Å². The van der Waals surface area contributed by atoms with Crippen molar-refractivity contribution in [3.63, 3.8) is 0 Å². The molecule has 3 N–H and O–H groups in total. The molecule has 1 aromatic rings. The zero-order valence-corrected chi connectivity index (χ0v) is 9.60. The molecule has 0 aromatic carbocycles. The molecule has 7 heteroatoms. The van der Waals surface area contributed by atoms with Gasteiger partial charge in [0.2, 0.25) is 5.95 Å². The van der Waals surface area contributed by atoms with Crippen LogP contribution in [0.3, 0.4) is 0 Å². The van der Waals surface area contributed by atoms with E-state index in [0.29, 0.717) is 0 Å². The average Bonchev–Trinajstić information content (AvgIpc) is 2.30. The van der Waals surface area contributed by atoms with E-state index < -0.39 is 17.4 Å². The number of rotatable bonds is 3. The number of carbonyl (C=O) groups excluding carboxylic acids is 2. The lowest BCUT2D eigenvalue weighted by Crippen LogP contribution is -2.50. The van der Waals surface area contributed by atoms with Gasteiger partial charge in [-0.05, 0) is 19.9 Å². The summed E-state index contributed by atoms with van der Waals surface area (Å²) < 4.78 is 0. The molecule has 2 amide bonds. The molecule has 17 heavy (non-hydrogen) atoms. The normalized spacial score (nSPS) is 10.8. The van der Waals surface area contributed by atoms with Crippen molar-refractivity contribution < 1.29 is 14.7 Å². The maximum absolute atomic E-state index is 11.4. The van der Waals surface area contributed by atoms with Crippen LogP contribution in [-0.2, 0) is 9.59 Å². The Bertz CT molecular complexity index is 405. The third kappa shape index (κ3) is 4.15. The first-order valence-corrected chi connectivity index (χ1v) is 4.96. The molecular weight excluding hydrogens is 224 g/mol. The molecule has 0 spiro atoms. The van der Waals surface area contributed by atoms with E-state index in [-0.39, 0.29) is 12.6 Å². The van der Waals surface area contributed by atoms with Crippen LogP contribution in [0.5, 0.6) is 0 Å². The van der Waals surface area contributed by atoms with Crippen LogP contribution in [0.25, 0.3) is 0 Å². The summed E-state index contributed by atoms with van der Waals surface area (Å²) in [4.78, 5) is 30.3. The molecule has 0 aliphatic rings. The smallest absolute Gasteiger partial charge is 0.316 e. The highest BCUT2D eigenvalue weighted by Gasteiger charge is 2.23. The third-order valence-electron chi connectivity index (χ3n) is 1.84. The number of hydrogen-bond acceptors (Lipinski definition) is 5. The van der Waals surface area contributed by atoms with E-state index in [2.05, 4.69) is 20.6 Å². The minimum atomic E-state index is -0.877. The van der Waals surface area contributed by atoms with Gasteiger partial charge in [-0.15, -0.1) is 0 Å². The number of carbonyl (C=O) groups is 2. The summed E-state index contributed by atoms with van der Waals surface area (Å²) >= 11 is 0. The second kappa shape index (κ2) is 5.35. The predicted molar refractivity (Wildman–Crippen MR) is 60.0 cm³/mol. The van der Waals surface area contributed by atoms with Gasteiger partial charge in [0.15, 0.2) is 0 Å². The Hall–Kier alpha value is -2.02. The van der Waals surface area contributed by atoms with Gasteiger partial charge < -0.3 is 10.4 Å². The van der Waals surface area contributed by atoms with Crippen molar-refractivity contribution >= 4 is 17.8 Å². The van der Waals surface area contributed by atoms with E-state index in [9.17, 15) is 9.59 Å². The molecule has 7 nitrogen and oxygen atoms in total. The Labute approximate surface area is 98.3 Å². The number of aliphatic hydroxyl groups is 1. The molecule has 0 aliphatic heterocycles. The summed E-state index contributed by atoms with van der Waals surface area (Å²) in [5.41, 5.74) is -0.855. The number of nitrogens with one attached hydrogen (secondary N) is 2. The topological polar surface area (TPSA) is 104 Å². The minimum Gasteiger partial charge on any atom is -0.394 e. The lowest BCUT2D eigenvalue weighted by molar-refractivity contribution is -0.137. The van der Waals surface area contributed by atoms with Gasteiger partial charge in [-0.3, -0.25) is 14.9 Å². The van der Waals surface area contributed by atoms with Crippen LogP contribution in [0, 0.1) is 0 Å². The zero-order valence-electron chi connectivity index (χ0n) is 9.60. The van der Waals surface area contributed by atoms with Crippen LogP contribution in [-0.4, -0.2) is 39.0 Å². The molecule has 1 aromatic heterocycles. The van der Waals surface area contributed by atoms with Crippen molar-refractivity contribution in [1.29, 1.82) is 0 Å². The monoisotopic (exact) mass is 238 g/mol. The average molecular weight is 238 g/mol. The summed E-state index contributed by atoms with van der Waals surface area (Å²) in [6.07, 6.45) is 2.89. The first kappa shape index (κ1) is 13.0. The Kier molecular flexibility index (Phi) is 4.11. The van der Waals surface area contributed by atoms with Gasteiger partial charge in [0.1, 0.15) is 0 Å².